The Hall–Kier alpha value is -1.43. The Balaban J connectivity index is 2.57. The number of thioether (sulfide) groups is 1. The number of carboxylic acids is 1. The molecule has 0 fully saturated rings. The summed E-state index contributed by atoms with van der Waals surface area (Å²) in [5.41, 5.74) is 0. The Morgan fingerprint density at radius 1 is 1.19 bits per heavy atom. The SMILES string of the molecule is CC(C)CN(CC(C)C)C(=O)CSc1ccc(C(=O)O)o1. The van der Waals surface area contributed by atoms with Crippen molar-refractivity contribution in [2.75, 3.05) is 18.8 Å². The van der Waals surface area contributed by atoms with Crippen molar-refractivity contribution >= 4 is 23.6 Å². The number of aromatic carboxylic acids is 1. The van der Waals surface area contributed by atoms with Gasteiger partial charge in [0.15, 0.2) is 5.09 Å². The van der Waals surface area contributed by atoms with Crippen molar-refractivity contribution in [3.05, 3.63) is 17.9 Å². The molecule has 21 heavy (non-hydrogen) atoms. The van der Waals surface area contributed by atoms with Crippen LogP contribution in [-0.2, 0) is 4.79 Å². The first-order valence-corrected chi connectivity index (χ1v) is 8.01. The van der Waals surface area contributed by atoms with Crippen molar-refractivity contribution in [1.82, 2.24) is 4.90 Å². The fourth-order valence-corrected chi connectivity index (χ4v) is 2.66. The summed E-state index contributed by atoms with van der Waals surface area (Å²) in [5.74, 6) is -0.0671. The molecule has 0 bridgehead atoms. The number of hydrogen-bond acceptors (Lipinski definition) is 4. The van der Waals surface area contributed by atoms with Crippen LogP contribution in [0.4, 0.5) is 0 Å². The summed E-state index contributed by atoms with van der Waals surface area (Å²) in [5, 5.41) is 9.24. The summed E-state index contributed by atoms with van der Waals surface area (Å²) in [6, 6.07) is 2.98. The van der Waals surface area contributed by atoms with Gasteiger partial charge in [-0.1, -0.05) is 39.5 Å². The van der Waals surface area contributed by atoms with E-state index in [4.69, 9.17) is 9.52 Å². The summed E-state index contributed by atoms with van der Waals surface area (Å²) in [4.78, 5) is 24.9. The highest BCUT2D eigenvalue weighted by atomic mass is 32.2. The van der Waals surface area contributed by atoms with E-state index in [-0.39, 0.29) is 17.4 Å². The van der Waals surface area contributed by atoms with E-state index in [1.54, 1.807) is 6.07 Å². The maximum Gasteiger partial charge on any atom is 0.371 e. The minimum Gasteiger partial charge on any atom is -0.475 e. The monoisotopic (exact) mass is 313 g/mol. The minimum atomic E-state index is -1.10. The number of amides is 1. The molecule has 1 aromatic heterocycles. The zero-order chi connectivity index (χ0) is 16.0. The third-order valence-electron chi connectivity index (χ3n) is 2.65. The number of carbonyl (C=O) groups excluding carboxylic acids is 1. The zero-order valence-corrected chi connectivity index (χ0v) is 13.8. The first kappa shape index (κ1) is 17.6. The topological polar surface area (TPSA) is 70.8 Å². The van der Waals surface area contributed by atoms with Gasteiger partial charge in [0, 0.05) is 13.1 Å². The van der Waals surface area contributed by atoms with E-state index in [9.17, 15) is 9.59 Å². The number of nitrogens with zero attached hydrogens (tertiary/aromatic N) is 1. The molecule has 1 amide bonds. The van der Waals surface area contributed by atoms with Crippen LogP contribution in [0.3, 0.4) is 0 Å². The maximum absolute atomic E-state index is 12.3. The Labute approximate surface area is 129 Å². The molecule has 1 heterocycles. The molecular formula is C15H23NO4S. The fraction of sp³-hybridized carbons (Fsp3) is 0.600. The minimum absolute atomic E-state index is 0.0516. The first-order chi connectivity index (χ1) is 9.79. The highest BCUT2D eigenvalue weighted by Gasteiger charge is 2.17. The van der Waals surface area contributed by atoms with Crippen LogP contribution in [0.15, 0.2) is 21.6 Å². The van der Waals surface area contributed by atoms with Gasteiger partial charge in [0.2, 0.25) is 11.7 Å². The summed E-state index contributed by atoms with van der Waals surface area (Å²) < 4.78 is 5.13. The fourth-order valence-electron chi connectivity index (χ4n) is 1.90. The van der Waals surface area contributed by atoms with Crippen LogP contribution in [0.25, 0.3) is 0 Å². The number of hydrogen-bond donors (Lipinski definition) is 1. The van der Waals surface area contributed by atoms with Gasteiger partial charge in [-0.3, -0.25) is 4.79 Å². The second-order valence-electron chi connectivity index (χ2n) is 5.80. The van der Waals surface area contributed by atoms with E-state index in [0.717, 1.165) is 13.1 Å². The molecule has 0 spiro atoms. The lowest BCUT2D eigenvalue weighted by atomic mass is 10.1. The molecule has 0 atom stereocenters. The number of furan rings is 1. The number of carboxylic acid groups (broad SMARTS) is 1. The van der Waals surface area contributed by atoms with Gasteiger partial charge in [-0.25, -0.2) is 4.79 Å². The Morgan fingerprint density at radius 2 is 1.76 bits per heavy atom. The largest absolute Gasteiger partial charge is 0.475 e. The van der Waals surface area contributed by atoms with E-state index in [1.165, 1.54) is 17.8 Å². The molecule has 0 aliphatic carbocycles. The lowest BCUT2D eigenvalue weighted by Crippen LogP contribution is -2.38. The summed E-state index contributed by atoms with van der Waals surface area (Å²) in [6.45, 7) is 9.80. The summed E-state index contributed by atoms with van der Waals surface area (Å²) in [6.07, 6.45) is 0. The van der Waals surface area contributed by atoms with Crippen molar-refractivity contribution in [3.63, 3.8) is 0 Å². The van der Waals surface area contributed by atoms with Crippen molar-refractivity contribution in [2.45, 2.75) is 32.8 Å². The van der Waals surface area contributed by atoms with Crippen molar-refractivity contribution in [3.8, 4) is 0 Å². The Morgan fingerprint density at radius 3 is 2.19 bits per heavy atom. The molecule has 1 aromatic rings. The third kappa shape index (κ3) is 6.25. The van der Waals surface area contributed by atoms with Gasteiger partial charge in [0.25, 0.3) is 0 Å². The summed E-state index contributed by atoms with van der Waals surface area (Å²) in [7, 11) is 0. The lowest BCUT2D eigenvalue weighted by Gasteiger charge is -2.26. The van der Waals surface area contributed by atoms with Gasteiger partial charge in [-0.15, -0.1) is 0 Å². The molecule has 1 rings (SSSR count). The van der Waals surface area contributed by atoms with Crippen molar-refractivity contribution < 1.29 is 19.1 Å². The Kier molecular flexibility index (Phi) is 6.81. The molecule has 0 unspecified atom stereocenters. The van der Waals surface area contributed by atoms with Gasteiger partial charge >= 0.3 is 5.97 Å². The number of rotatable bonds is 8. The maximum atomic E-state index is 12.3. The smallest absolute Gasteiger partial charge is 0.371 e. The molecule has 1 N–H and O–H groups in total. The second kappa shape index (κ2) is 8.12. The van der Waals surface area contributed by atoms with Crippen LogP contribution in [0.1, 0.15) is 38.2 Å². The highest BCUT2D eigenvalue weighted by molar-refractivity contribution is 7.99. The zero-order valence-electron chi connectivity index (χ0n) is 13.0. The van der Waals surface area contributed by atoms with E-state index in [2.05, 4.69) is 27.7 Å². The van der Waals surface area contributed by atoms with Crippen LogP contribution in [0.2, 0.25) is 0 Å². The van der Waals surface area contributed by atoms with Crippen LogP contribution >= 0.6 is 11.8 Å². The molecule has 0 saturated heterocycles. The van der Waals surface area contributed by atoms with Crippen LogP contribution in [0.5, 0.6) is 0 Å². The molecular weight excluding hydrogens is 290 g/mol. The molecule has 0 saturated carbocycles. The predicted octanol–water partition coefficient (Wildman–Crippen LogP) is 3.21. The predicted molar refractivity (Wildman–Crippen MR) is 82.6 cm³/mol. The molecule has 0 radical (unpaired) electrons. The van der Waals surface area contributed by atoms with Crippen molar-refractivity contribution in [1.29, 1.82) is 0 Å². The molecule has 0 aliphatic heterocycles. The van der Waals surface area contributed by atoms with Crippen molar-refractivity contribution in [2.24, 2.45) is 11.8 Å². The van der Waals surface area contributed by atoms with Gasteiger partial charge in [-0.05, 0) is 24.0 Å². The average Bonchev–Trinajstić information content (AvgIpc) is 2.82. The van der Waals surface area contributed by atoms with Crippen LogP contribution in [-0.4, -0.2) is 40.7 Å². The van der Waals surface area contributed by atoms with E-state index in [1.807, 2.05) is 4.90 Å². The first-order valence-electron chi connectivity index (χ1n) is 7.03. The van der Waals surface area contributed by atoms with E-state index >= 15 is 0 Å². The third-order valence-corrected chi connectivity index (χ3v) is 3.55. The second-order valence-corrected chi connectivity index (χ2v) is 6.78. The molecule has 0 aliphatic rings. The Bertz CT molecular complexity index is 472. The standard InChI is InChI=1S/C15H23NO4S/c1-10(2)7-16(8-11(3)4)13(17)9-21-14-6-5-12(20-14)15(18)19/h5-6,10-11H,7-9H2,1-4H3,(H,18,19). The normalized spacial score (nSPS) is 11.1. The molecule has 118 valence electrons. The number of carbonyl (C=O) groups is 2. The summed E-state index contributed by atoms with van der Waals surface area (Å²) >= 11 is 1.23. The lowest BCUT2D eigenvalue weighted by molar-refractivity contribution is -0.129. The van der Waals surface area contributed by atoms with Gasteiger partial charge in [0.05, 0.1) is 5.75 Å². The molecule has 0 aromatic carbocycles. The van der Waals surface area contributed by atoms with Gasteiger partial charge < -0.3 is 14.4 Å². The average molecular weight is 313 g/mol. The highest BCUT2D eigenvalue weighted by Crippen LogP contribution is 2.21. The molecule has 5 nitrogen and oxygen atoms in total. The quantitative estimate of drug-likeness (QED) is 0.746. The van der Waals surface area contributed by atoms with E-state index in [0.29, 0.717) is 16.9 Å². The molecule has 6 heteroatoms. The van der Waals surface area contributed by atoms with Gasteiger partial charge in [-0.2, -0.15) is 0 Å². The van der Waals surface area contributed by atoms with Gasteiger partial charge in [0.1, 0.15) is 0 Å². The van der Waals surface area contributed by atoms with Crippen LogP contribution in [0, 0.1) is 11.8 Å². The van der Waals surface area contributed by atoms with Crippen LogP contribution < -0.4 is 0 Å². The van der Waals surface area contributed by atoms with E-state index < -0.39 is 5.97 Å².